The molecule has 4 nitrogen and oxygen atoms in total. The number of aliphatic hydroxyl groups is 1. The molecule has 2 aromatic carbocycles. The van der Waals surface area contributed by atoms with E-state index in [-0.39, 0.29) is 6.42 Å². The van der Waals surface area contributed by atoms with Crippen molar-refractivity contribution in [3.05, 3.63) is 59.2 Å². The van der Waals surface area contributed by atoms with E-state index in [4.69, 9.17) is 15.2 Å². The maximum atomic E-state index is 12.8. The molecule has 0 fully saturated rings. The Bertz CT molecular complexity index is 760. The van der Waals surface area contributed by atoms with Gasteiger partial charge >= 0.3 is 6.18 Å². The third-order valence-corrected chi connectivity index (χ3v) is 4.61. The van der Waals surface area contributed by atoms with Crippen LogP contribution in [0.15, 0.2) is 42.5 Å². The van der Waals surface area contributed by atoms with Crippen molar-refractivity contribution in [1.29, 1.82) is 0 Å². The summed E-state index contributed by atoms with van der Waals surface area (Å²) in [5, 5.41) is 9.75. The Morgan fingerprint density at radius 1 is 0.963 bits per heavy atom. The lowest BCUT2D eigenvalue weighted by molar-refractivity contribution is -0.137. The van der Waals surface area contributed by atoms with Gasteiger partial charge in [0.25, 0.3) is 0 Å². The molecule has 3 N–H and O–H groups in total. The zero-order valence-electron chi connectivity index (χ0n) is 15.5. The van der Waals surface area contributed by atoms with Crippen LogP contribution in [-0.4, -0.2) is 25.6 Å². The van der Waals surface area contributed by atoms with Crippen LogP contribution in [0.5, 0.6) is 11.5 Å². The Morgan fingerprint density at radius 3 is 2.00 bits per heavy atom. The maximum absolute atomic E-state index is 12.8. The second kappa shape index (κ2) is 8.19. The van der Waals surface area contributed by atoms with Crippen LogP contribution in [0.4, 0.5) is 13.2 Å². The van der Waals surface area contributed by atoms with Crippen LogP contribution < -0.4 is 15.2 Å². The smallest absolute Gasteiger partial charge is 0.416 e. The molecule has 0 amide bonds. The van der Waals surface area contributed by atoms with Gasteiger partial charge in [0.15, 0.2) is 11.5 Å². The second-order valence-corrected chi connectivity index (χ2v) is 6.77. The largest absolute Gasteiger partial charge is 0.493 e. The Balaban J connectivity index is 2.39. The van der Waals surface area contributed by atoms with Crippen LogP contribution in [0, 0.1) is 0 Å². The highest BCUT2D eigenvalue weighted by Crippen LogP contribution is 2.37. The summed E-state index contributed by atoms with van der Waals surface area (Å²) < 4.78 is 49.1. The highest BCUT2D eigenvalue weighted by molar-refractivity contribution is 5.44. The summed E-state index contributed by atoms with van der Waals surface area (Å²) in [6.45, 7) is 1.86. The number of aliphatic hydroxyl groups excluding tert-OH is 1. The summed E-state index contributed by atoms with van der Waals surface area (Å²) in [5.74, 6) is 1.13. The highest BCUT2D eigenvalue weighted by Gasteiger charge is 2.33. The lowest BCUT2D eigenvalue weighted by atomic mass is 9.74. The predicted molar refractivity (Wildman–Crippen MR) is 96.9 cm³/mol. The van der Waals surface area contributed by atoms with E-state index in [1.807, 2.05) is 19.1 Å². The zero-order chi connectivity index (χ0) is 20.2. The molecule has 0 heterocycles. The number of methoxy groups -OCH3 is 2. The summed E-state index contributed by atoms with van der Waals surface area (Å²) in [5.41, 5.74) is 5.76. The molecule has 0 radical (unpaired) electrons. The fourth-order valence-electron chi connectivity index (χ4n) is 3.26. The first kappa shape index (κ1) is 21.1. The lowest BCUT2D eigenvalue weighted by Gasteiger charge is -2.32. The molecule has 27 heavy (non-hydrogen) atoms. The molecular formula is C20H24F3NO3. The molecule has 0 aromatic heterocycles. The molecule has 0 aliphatic rings. The number of ether oxygens (including phenoxy) is 2. The Morgan fingerprint density at radius 2 is 1.52 bits per heavy atom. The maximum Gasteiger partial charge on any atom is 0.416 e. The van der Waals surface area contributed by atoms with Crippen LogP contribution in [0.2, 0.25) is 0 Å². The number of nitrogens with two attached hydrogens (primary N) is 1. The summed E-state index contributed by atoms with van der Waals surface area (Å²) in [6.07, 6.45) is -4.86. The van der Waals surface area contributed by atoms with E-state index >= 15 is 0 Å². The van der Waals surface area contributed by atoms with Crippen molar-refractivity contribution < 1.29 is 27.8 Å². The first-order chi connectivity index (χ1) is 12.6. The van der Waals surface area contributed by atoms with Crippen LogP contribution >= 0.6 is 0 Å². The summed E-state index contributed by atoms with van der Waals surface area (Å²) in [4.78, 5) is 0. The van der Waals surface area contributed by atoms with E-state index in [0.29, 0.717) is 23.5 Å². The quantitative estimate of drug-likeness (QED) is 0.712. The van der Waals surface area contributed by atoms with E-state index in [1.54, 1.807) is 6.07 Å². The van der Waals surface area contributed by atoms with E-state index in [0.717, 1.165) is 17.7 Å². The van der Waals surface area contributed by atoms with Gasteiger partial charge in [-0.2, -0.15) is 13.2 Å². The van der Waals surface area contributed by atoms with Gasteiger partial charge in [-0.15, -0.1) is 0 Å². The summed E-state index contributed by atoms with van der Waals surface area (Å²) in [7, 11) is 3.06. The number of halogens is 3. The van der Waals surface area contributed by atoms with Gasteiger partial charge in [-0.3, -0.25) is 0 Å². The molecule has 2 atom stereocenters. The van der Waals surface area contributed by atoms with Crippen molar-refractivity contribution in [2.75, 3.05) is 14.2 Å². The molecule has 0 spiro atoms. The van der Waals surface area contributed by atoms with Gasteiger partial charge in [-0.25, -0.2) is 0 Å². The minimum Gasteiger partial charge on any atom is -0.493 e. The van der Waals surface area contributed by atoms with Gasteiger partial charge in [-0.05, 0) is 48.2 Å². The standard InChI is InChI=1S/C20H24F3NO3/c1-19(12-18(24)25,14-5-7-15(8-6-14)20(21,22)23)11-13-4-9-16(26-2)17(10-13)27-3/h4-10,18,25H,11-12,24H2,1-3H3/t18-,19?/m1/s1. The summed E-state index contributed by atoms with van der Waals surface area (Å²) >= 11 is 0. The molecule has 2 rings (SSSR count). The predicted octanol–water partition coefficient (Wildman–Crippen LogP) is 3.89. The number of benzene rings is 2. The number of alkyl halides is 3. The molecular weight excluding hydrogens is 359 g/mol. The molecule has 0 aliphatic heterocycles. The minimum absolute atomic E-state index is 0.187. The first-order valence-electron chi connectivity index (χ1n) is 8.41. The van der Waals surface area contributed by atoms with Crippen molar-refractivity contribution in [3.63, 3.8) is 0 Å². The number of hydrogen-bond donors (Lipinski definition) is 2. The number of hydrogen-bond acceptors (Lipinski definition) is 4. The van der Waals surface area contributed by atoms with Gasteiger partial charge in [-0.1, -0.05) is 25.1 Å². The zero-order valence-corrected chi connectivity index (χ0v) is 15.5. The number of rotatable bonds is 7. The Hall–Kier alpha value is -2.25. The van der Waals surface area contributed by atoms with Gasteiger partial charge < -0.3 is 20.3 Å². The molecule has 0 saturated heterocycles. The van der Waals surface area contributed by atoms with Crippen molar-refractivity contribution in [1.82, 2.24) is 0 Å². The van der Waals surface area contributed by atoms with Gasteiger partial charge in [0, 0.05) is 5.41 Å². The summed E-state index contributed by atoms with van der Waals surface area (Å²) in [6, 6.07) is 10.4. The Kier molecular flexibility index (Phi) is 6.38. The van der Waals surface area contributed by atoms with Crippen molar-refractivity contribution >= 4 is 0 Å². The molecule has 0 saturated carbocycles. The fourth-order valence-corrected chi connectivity index (χ4v) is 3.26. The van der Waals surface area contributed by atoms with E-state index in [2.05, 4.69) is 0 Å². The lowest BCUT2D eigenvalue weighted by Crippen LogP contribution is -2.34. The molecule has 148 valence electrons. The average molecular weight is 383 g/mol. The average Bonchev–Trinajstić information content (AvgIpc) is 2.60. The van der Waals surface area contributed by atoms with Crippen LogP contribution in [-0.2, 0) is 18.0 Å². The Labute approximate surface area is 156 Å². The monoisotopic (exact) mass is 383 g/mol. The highest BCUT2D eigenvalue weighted by atomic mass is 19.4. The third kappa shape index (κ3) is 5.14. The van der Waals surface area contributed by atoms with Crippen LogP contribution in [0.3, 0.4) is 0 Å². The van der Waals surface area contributed by atoms with Crippen molar-refractivity contribution in [2.45, 2.75) is 37.6 Å². The second-order valence-electron chi connectivity index (χ2n) is 6.77. The van der Waals surface area contributed by atoms with E-state index < -0.39 is 23.4 Å². The van der Waals surface area contributed by atoms with Gasteiger partial charge in [0.05, 0.1) is 19.8 Å². The third-order valence-electron chi connectivity index (χ3n) is 4.61. The van der Waals surface area contributed by atoms with Crippen molar-refractivity contribution in [2.24, 2.45) is 5.73 Å². The van der Waals surface area contributed by atoms with Crippen molar-refractivity contribution in [3.8, 4) is 11.5 Å². The van der Waals surface area contributed by atoms with Crippen LogP contribution in [0.1, 0.15) is 30.0 Å². The molecule has 0 aliphatic carbocycles. The minimum atomic E-state index is -4.40. The topological polar surface area (TPSA) is 64.7 Å². The molecule has 1 unspecified atom stereocenters. The SMILES string of the molecule is COc1ccc(CC(C)(C[C@H](N)O)c2ccc(C(F)(F)F)cc2)cc1OC. The van der Waals surface area contributed by atoms with Gasteiger partial charge in [0.2, 0.25) is 0 Å². The van der Waals surface area contributed by atoms with Gasteiger partial charge in [0.1, 0.15) is 6.23 Å². The first-order valence-corrected chi connectivity index (χ1v) is 8.41. The van der Waals surface area contributed by atoms with E-state index in [1.165, 1.54) is 26.4 Å². The van der Waals surface area contributed by atoms with E-state index in [9.17, 15) is 18.3 Å². The van der Waals surface area contributed by atoms with Crippen LogP contribution in [0.25, 0.3) is 0 Å². The molecule has 0 bridgehead atoms. The molecule has 7 heteroatoms. The normalized spacial score (nSPS) is 15.1. The molecule has 2 aromatic rings. The fraction of sp³-hybridized carbons (Fsp3) is 0.400.